The van der Waals surface area contributed by atoms with E-state index in [2.05, 4.69) is 27.5 Å². The number of aryl methyl sites for hydroxylation is 1. The van der Waals surface area contributed by atoms with Gasteiger partial charge in [-0.2, -0.15) is 5.10 Å². The van der Waals surface area contributed by atoms with Gasteiger partial charge < -0.3 is 5.32 Å². The van der Waals surface area contributed by atoms with Gasteiger partial charge >= 0.3 is 0 Å². The number of carbonyl (C=O) groups excluding carboxylic acids is 1. The normalized spacial score (nSPS) is 11.9. The first-order valence-corrected chi connectivity index (χ1v) is 8.46. The van der Waals surface area contributed by atoms with Crippen LogP contribution in [0.3, 0.4) is 0 Å². The molecule has 0 radical (unpaired) electrons. The average Bonchev–Trinajstić information content (AvgIpc) is 3.03. The monoisotopic (exact) mass is 334 g/mol. The van der Waals surface area contributed by atoms with Crippen molar-refractivity contribution < 1.29 is 4.79 Å². The Balaban J connectivity index is 1.62. The van der Waals surface area contributed by atoms with Crippen LogP contribution in [0.5, 0.6) is 0 Å². The summed E-state index contributed by atoms with van der Waals surface area (Å²) in [5, 5.41) is 7.36. The van der Waals surface area contributed by atoms with Crippen LogP contribution in [0.1, 0.15) is 35.0 Å². The number of carbonyl (C=O) groups is 1. The number of amides is 1. The van der Waals surface area contributed by atoms with Crippen molar-refractivity contribution in [3.63, 3.8) is 0 Å². The third-order valence-corrected chi connectivity index (χ3v) is 4.21. The molecule has 1 N–H and O–H groups in total. The van der Waals surface area contributed by atoms with E-state index in [-0.39, 0.29) is 11.9 Å². The summed E-state index contributed by atoms with van der Waals surface area (Å²) < 4.78 is 1.68. The van der Waals surface area contributed by atoms with Crippen molar-refractivity contribution in [2.45, 2.75) is 32.7 Å². The quantitative estimate of drug-likeness (QED) is 0.752. The van der Waals surface area contributed by atoms with Gasteiger partial charge in [-0.1, -0.05) is 36.4 Å². The summed E-state index contributed by atoms with van der Waals surface area (Å²) >= 11 is 0. The SMILES string of the molecule is Cc1c(C(=O)N[C@@H](C)CCc2ccccc2)cnn1-c1ccccn1. The molecule has 0 spiro atoms. The molecule has 3 aromatic rings. The standard InChI is InChI=1S/C20H22N4O/c1-15(11-12-17-8-4-3-5-9-17)23-20(25)18-14-22-24(16(18)2)19-10-6-7-13-21-19/h3-10,13-15H,11-12H2,1-2H3,(H,23,25)/t15-/m0/s1. The minimum absolute atomic E-state index is 0.0882. The van der Waals surface area contributed by atoms with Crippen molar-refractivity contribution in [1.29, 1.82) is 0 Å². The highest BCUT2D eigenvalue weighted by molar-refractivity contribution is 5.95. The predicted octanol–water partition coefficient (Wildman–Crippen LogP) is 3.33. The number of hydrogen-bond acceptors (Lipinski definition) is 3. The van der Waals surface area contributed by atoms with Crippen molar-refractivity contribution >= 4 is 5.91 Å². The highest BCUT2D eigenvalue weighted by Gasteiger charge is 2.17. The lowest BCUT2D eigenvalue weighted by Gasteiger charge is -2.14. The lowest BCUT2D eigenvalue weighted by molar-refractivity contribution is 0.0938. The Labute approximate surface area is 147 Å². The second kappa shape index (κ2) is 7.75. The van der Waals surface area contributed by atoms with Crippen LogP contribution in [0.25, 0.3) is 5.82 Å². The van der Waals surface area contributed by atoms with Crippen LogP contribution in [0.15, 0.2) is 60.9 Å². The van der Waals surface area contributed by atoms with Crippen LogP contribution >= 0.6 is 0 Å². The molecule has 5 nitrogen and oxygen atoms in total. The number of hydrogen-bond donors (Lipinski definition) is 1. The Morgan fingerprint density at radius 3 is 2.64 bits per heavy atom. The van der Waals surface area contributed by atoms with Crippen LogP contribution in [-0.2, 0) is 6.42 Å². The third-order valence-electron chi connectivity index (χ3n) is 4.21. The summed E-state index contributed by atoms with van der Waals surface area (Å²) in [4.78, 5) is 16.8. The molecule has 3 rings (SSSR count). The molecule has 0 bridgehead atoms. The second-order valence-electron chi connectivity index (χ2n) is 6.14. The molecule has 0 saturated carbocycles. The highest BCUT2D eigenvalue weighted by atomic mass is 16.1. The molecule has 5 heteroatoms. The first-order valence-electron chi connectivity index (χ1n) is 8.46. The minimum atomic E-state index is -0.0970. The van der Waals surface area contributed by atoms with Crippen LogP contribution in [-0.4, -0.2) is 26.7 Å². The molecule has 0 aliphatic carbocycles. The molecule has 0 saturated heterocycles. The topological polar surface area (TPSA) is 59.8 Å². The molecule has 128 valence electrons. The Kier molecular flexibility index (Phi) is 5.23. The zero-order valence-electron chi connectivity index (χ0n) is 14.5. The third kappa shape index (κ3) is 4.12. The summed E-state index contributed by atoms with van der Waals surface area (Å²) in [6.45, 7) is 3.91. The van der Waals surface area contributed by atoms with Crippen LogP contribution < -0.4 is 5.32 Å². The Bertz CT molecular complexity index is 827. The molecule has 0 fully saturated rings. The van der Waals surface area contributed by atoms with Gasteiger partial charge in [0.25, 0.3) is 5.91 Å². The minimum Gasteiger partial charge on any atom is -0.349 e. The van der Waals surface area contributed by atoms with E-state index < -0.39 is 0 Å². The zero-order valence-corrected chi connectivity index (χ0v) is 14.5. The smallest absolute Gasteiger partial charge is 0.254 e. The van der Waals surface area contributed by atoms with E-state index in [1.165, 1.54) is 5.56 Å². The van der Waals surface area contributed by atoms with Gasteiger partial charge in [-0.05, 0) is 44.4 Å². The largest absolute Gasteiger partial charge is 0.349 e. The van der Waals surface area contributed by atoms with Crippen molar-refractivity contribution in [3.8, 4) is 5.82 Å². The summed E-state index contributed by atoms with van der Waals surface area (Å²) in [6.07, 6.45) is 5.14. The Morgan fingerprint density at radius 1 is 1.16 bits per heavy atom. The molecule has 0 aliphatic rings. The van der Waals surface area contributed by atoms with E-state index >= 15 is 0 Å². The van der Waals surface area contributed by atoms with E-state index in [1.54, 1.807) is 17.1 Å². The van der Waals surface area contributed by atoms with Gasteiger partial charge in [0, 0.05) is 12.2 Å². The molecule has 1 aromatic carbocycles. The van der Waals surface area contributed by atoms with Gasteiger partial charge in [0.1, 0.15) is 0 Å². The van der Waals surface area contributed by atoms with Crippen LogP contribution in [0.2, 0.25) is 0 Å². The first-order chi connectivity index (χ1) is 12.1. The van der Waals surface area contributed by atoms with Crippen molar-refractivity contribution in [2.75, 3.05) is 0 Å². The number of rotatable bonds is 6. The van der Waals surface area contributed by atoms with Gasteiger partial charge in [0.15, 0.2) is 5.82 Å². The molecule has 0 unspecified atom stereocenters. The van der Waals surface area contributed by atoms with E-state index in [1.807, 2.05) is 50.2 Å². The van der Waals surface area contributed by atoms with Gasteiger partial charge in [0.05, 0.1) is 17.5 Å². The molecule has 25 heavy (non-hydrogen) atoms. The summed E-state index contributed by atoms with van der Waals surface area (Å²) in [5.41, 5.74) is 2.64. The number of aromatic nitrogens is 3. The van der Waals surface area contributed by atoms with Gasteiger partial charge in [0.2, 0.25) is 0 Å². The van der Waals surface area contributed by atoms with Gasteiger partial charge in [-0.3, -0.25) is 4.79 Å². The van der Waals surface area contributed by atoms with Crippen molar-refractivity contribution in [3.05, 3.63) is 77.7 Å². The van der Waals surface area contributed by atoms with Crippen LogP contribution in [0.4, 0.5) is 0 Å². The maximum atomic E-state index is 12.5. The molecule has 1 atom stereocenters. The fraction of sp³-hybridized carbons (Fsp3) is 0.250. The van der Waals surface area contributed by atoms with E-state index in [0.717, 1.165) is 18.5 Å². The summed E-state index contributed by atoms with van der Waals surface area (Å²) in [7, 11) is 0. The summed E-state index contributed by atoms with van der Waals surface area (Å²) in [6, 6.07) is 16.0. The zero-order chi connectivity index (χ0) is 17.6. The number of nitrogens with zero attached hydrogens (tertiary/aromatic N) is 3. The Hall–Kier alpha value is -2.95. The van der Waals surface area contributed by atoms with E-state index in [9.17, 15) is 4.79 Å². The molecule has 2 aromatic heterocycles. The van der Waals surface area contributed by atoms with Crippen molar-refractivity contribution in [1.82, 2.24) is 20.1 Å². The van der Waals surface area contributed by atoms with E-state index in [4.69, 9.17) is 0 Å². The predicted molar refractivity (Wildman–Crippen MR) is 97.8 cm³/mol. The van der Waals surface area contributed by atoms with Crippen molar-refractivity contribution in [2.24, 2.45) is 0 Å². The molecule has 2 heterocycles. The van der Waals surface area contributed by atoms with Crippen LogP contribution in [0, 0.1) is 6.92 Å². The molecular weight excluding hydrogens is 312 g/mol. The second-order valence-corrected chi connectivity index (χ2v) is 6.14. The maximum Gasteiger partial charge on any atom is 0.254 e. The fourth-order valence-electron chi connectivity index (χ4n) is 2.74. The van der Waals surface area contributed by atoms with Gasteiger partial charge in [-0.25, -0.2) is 9.67 Å². The highest BCUT2D eigenvalue weighted by Crippen LogP contribution is 2.13. The maximum absolute atomic E-state index is 12.5. The lowest BCUT2D eigenvalue weighted by Crippen LogP contribution is -2.33. The average molecular weight is 334 g/mol. The first kappa shape index (κ1) is 16.9. The molecule has 1 amide bonds. The molecular formula is C20H22N4O. The van der Waals surface area contributed by atoms with E-state index in [0.29, 0.717) is 11.4 Å². The Morgan fingerprint density at radius 2 is 1.92 bits per heavy atom. The number of pyridine rings is 1. The number of nitrogens with one attached hydrogen (secondary N) is 1. The summed E-state index contributed by atoms with van der Waals surface area (Å²) in [5.74, 6) is 0.608. The van der Waals surface area contributed by atoms with Gasteiger partial charge in [-0.15, -0.1) is 0 Å². The molecule has 0 aliphatic heterocycles. The lowest BCUT2D eigenvalue weighted by atomic mass is 10.1. The fourth-order valence-corrected chi connectivity index (χ4v) is 2.74. The number of benzene rings is 1.